The summed E-state index contributed by atoms with van der Waals surface area (Å²) in [5.74, 6) is 0.528. The fraction of sp³-hybridized carbons (Fsp3) is 0.200. The summed E-state index contributed by atoms with van der Waals surface area (Å²) in [6.45, 7) is 0. The largest absolute Gasteiger partial charge is 0.493 e. The molecule has 0 amide bonds. The Morgan fingerprint density at radius 3 is 2.29 bits per heavy atom. The Bertz CT molecular complexity index is 664. The van der Waals surface area contributed by atoms with Crippen molar-refractivity contribution in [2.45, 2.75) is 4.83 Å². The lowest BCUT2D eigenvalue weighted by Gasteiger charge is -2.16. The average Bonchev–Trinajstić information content (AvgIpc) is 2.48. The summed E-state index contributed by atoms with van der Waals surface area (Å²) in [5, 5.41) is 0. The molecule has 0 bridgehead atoms. The van der Waals surface area contributed by atoms with Gasteiger partial charge in [-0.05, 0) is 52.4 Å². The van der Waals surface area contributed by atoms with Crippen molar-refractivity contribution in [3.8, 4) is 11.5 Å². The zero-order chi connectivity index (χ0) is 15.6. The second-order valence-electron chi connectivity index (χ2n) is 4.26. The third-order valence-corrected chi connectivity index (χ3v) is 5.39. The lowest BCUT2D eigenvalue weighted by molar-refractivity contribution is 0.351. The van der Waals surface area contributed by atoms with E-state index >= 15 is 0 Å². The van der Waals surface area contributed by atoms with Crippen LogP contribution in [0.2, 0.25) is 0 Å². The van der Waals surface area contributed by atoms with Crippen molar-refractivity contribution in [3.63, 3.8) is 0 Å². The van der Waals surface area contributed by atoms with E-state index < -0.39 is 0 Å². The first-order chi connectivity index (χ1) is 9.97. The molecular formula is C15H12Br2FIO2. The molecule has 0 spiro atoms. The molecule has 2 rings (SSSR count). The van der Waals surface area contributed by atoms with Crippen LogP contribution in [-0.4, -0.2) is 14.2 Å². The first-order valence-electron chi connectivity index (χ1n) is 5.98. The fourth-order valence-electron chi connectivity index (χ4n) is 1.94. The minimum atomic E-state index is -0.347. The van der Waals surface area contributed by atoms with Gasteiger partial charge in [0.25, 0.3) is 0 Å². The van der Waals surface area contributed by atoms with Crippen LogP contribution in [0.1, 0.15) is 16.0 Å². The molecule has 112 valence electrons. The van der Waals surface area contributed by atoms with Crippen LogP contribution in [0.3, 0.4) is 0 Å². The number of methoxy groups -OCH3 is 2. The summed E-state index contributed by atoms with van der Waals surface area (Å²) in [4.78, 5) is -0.290. The van der Waals surface area contributed by atoms with E-state index in [-0.39, 0.29) is 10.6 Å². The maximum Gasteiger partial charge on any atom is 0.163 e. The maximum atomic E-state index is 14.3. The molecule has 0 N–H and O–H groups in total. The number of halogens is 4. The monoisotopic (exact) mass is 528 g/mol. The maximum absolute atomic E-state index is 14.3. The Morgan fingerprint density at radius 1 is 1.05 bits per heavy atom. The van der Waals surface area contributed by atoms with E-state index in [1.54, 1.807) is 6.07 Å². The van der Waals surface area contributed by atoms with Crippen molar-refractivity contribution >= 4 is 54.5 Å². The highest BCUT2D eigenvalue weighted by Gasteiger charge is 2.20. The van der Waals surface area contributed by atoms with E-state index in [1.807, 2.05) is 18.2 Å². The van der Waals surface area contributed by atoms with Gasteiger partial charge in [0, 0.05) is 19.7 Å². The van der Waals surface area contributed by atoms with Crippen molar-refractivity contribution < 1.29 is 13.9 Å². The lowest BCUT2D eigenvalue weighted by Crippen LogP contribution is -2.01. The summed E-state index contributed by atoms with van der Waals surface area (Å²) in [6, 6.07) is 8.92. The summed E-state index contributed by atoms with van der Waals surface area (Å²) >= 11 is 9.30. The van der Waals surface area contributed by atoms with Crippen molar-refractivity contribution in [1.82, 2.24) is 0 Å². The molecule has 21 heavy (non-hydrogen) atoms. The number of hydrogen-bond acceptors (Lipinski definition) is 2. The van der Waals surface area contributed by atoms with Crippen LogP contribution in [0.4, 0.5) is 4.39 Å². The molecule has 2 aromatic carbocycles. The third-order valence-electron chi connectivity index (χ3n) is 3.01. The molecule has 6 heteroatoms. The molecule has 0 heterocycles. The van der Waals surface area contributed by atoms with Crippen LogP contribution >= 0.6 is 54.5 Å². The molecule has 0 aliphatic rings. The summed E-state index contributed by atoms with van der Waals surface area (Å²) in [6.07, 6.45) is 0. The predicted octanol–water partition coefficient (Wildman–Crippen LogP) is 5.69. The molecule has 0 aliphatic carbocycles. The first kappa shape index (κ1) is 17.0. The van der Waals surface area contributed by atoms with E-state index in [1.165, 1.54) is 20.3 Å². The minimum Gasteiger partial charge on any atom is -0.493 e. The molecule has 0 saturated heterocycles. The average molecular weight is 530 g/mol. The molecule has 0 aromatic heterocycles. The van der Waals surface area contributed by atoms with Gasteiger partial charge in [0.2, 0.25) is 0 Å². The molecule has 2 nitrogen and oxygen atoms in total. The van der Waals surface area contributed by atoms with Crippen molar-refractivity contribution in [3.05, 3.63) is 55.3 Å². The van der Waals surface area contributed by atoms with Gasteiger partial charge in [-0.15, -0.1) is 0 Å². The second-order valence-corrected chi connectivity index (χ2v) is 7.27. The van der Waals surface area contributed by atoms with E-state index in [9.17, 15) is 4.39 Å². The smallest absolute Gasteiger partial charge is 0.163 e. The van der Waals surface area contributed by atoms with Crippen LogP contribution in [0.5, 0.6) is 11.5 Å². The standard InChI is InChI=1S/C15H12Br2FIO2/c1-20-13-6-10(12(18)7-14(13)21-2)15(17)9-5-8(19)3-4-11(9)16/h3-7,15H,1-2H3. The highest BCUT2D eigenvalue weighted by molar-refractivity contribution is 14.1. The van der Waals surface area contributed by atoms with Gasteiger partial charge >= 0.3 is 0 Å². The quantitative estimate of drug-likeness (QED) is 0.374. The van der Waals surface area contributed by atoms with Gasteiger partial charge in [-0.2, -0.15) is 0 Å². The number of benzene rings is 2. The summed E-state index contributed by atoms with van der Waals surface area (Å²) in [5.41, 5.74) is 1.45. The Kier molecular flexibility index (Phi) is 5.90. The molecule has 0 fully saturated rings. The Labute approximate surface area is 153 Å². The number of alkyl halides is 1. The highest BCUT2D eigenvalue weighted by Crippen LogP contribution is 2.41. The zero-order valence-corrected chi connectivity index (χ0v) is 16.6. The molecule has 1 atom stereocenters. The van der Waals surface area contributed by atoms with Crippen LogP contribution in [0.25, 0.3) is 0 Å². The van der Waals surface area contributed by atoms with E-state index in [0.717, 1.165) is 13.6 Å². The molecule has 1 unspecified atom stereocenters. The van der Waals surface area contributed by atoms with Gasteiger partial charge in [0.15, 0.2) is 11.5 Å². The van der Waals surface area contributed by atoms with E-state index in [0.29, 0.717) is 17.1 Å². The normalized spacial score (nSPS) is 12.1. The fourth-order valence-corrected chi connectivity index (χ4v) is 3.97. The second kappa shape index (κ2) is 7.28. The van der Waals surface area contributed by atoms with E-state index in [2.05, 4.69) is 54.5 Å². The first-order valence-corrected chi connectivity index (χ1v) is 8.77. The summed E-state index contributed by atoms with van der Waals surface area (Å²) < 4.78 is 26.7. The van der Waals surface area contributed by atoms with Crippen LogP contribution in [0.15, 0.2) is 34.8 Å². The summed E-state index contributed by atoms with van der Waals surface area (Å²) in [7, 11) is 3.02. The molecule has 0 saturated carbocycles. The SMILES string of the molecule is COc1cc(F)c(C(Br)c2cc(I)ccc2Br)cc1OC. The van der Waals surface area contributed by atoms with Crippen molar-refractivity contribution in [2.75, 3.05) is 14.2 Å². The van der Waals surface area contributed by atoms with Gasteiger partial charge < -0.3 is 9.47 Å². The Hall–Kier alpha value is -0.340. The van der Waals surface area contributed by atoms with Gasteiger partial charge in [0.05, 0.1) is 19.0 Å². The third kappa shape index (κ3) is 3.71. The topological polar surface area (TPSA) is 18.5 Å². The predicted molar refractivity (Wildman–Crippen MR) is 97.1 cm³/mol. The number of ether oxygens (including phenoxy) is 2. The van der Waals surface area contributed by atoms with Gasteiger partial charge in [-0.1, -0.05) is 31.9 Å². The minimum absolute atomic E-state index is 0.290. The lowest BCUT2D eigenvalue weighted by atomic mass is 10.0. The molecule has 0 aliphatic heterocycles. The number of rotatable bonds is 4. The van der Waals surface area contributed by atoms with Gasteiger partial charge in [-0.3, -0.25) is 0 Å². The van der Waals surface area contributed by atoms with Crippen molar-refractivity contribution in [1.29, 1.82) is 0 Å². The Balaban J connectivity index is 2.52. The molecular weight excluding hydrogens is 518 g/mol. The van der Waals surface area contributed by atoms with Crippen LogP contribution in [-0.2, 0) is 0 Å². The number of hydrogen-bond donors (Lipinski definition) is 0. The van der Waals surface area contributed by atoms with Gasteiger partial charge in [0.1, 0.15) is 5.82 Å². The Morgan fingerprint density at radius 2 is 1.67 bits per heavy atom. The van der Waals surface area contributed by atoms with Crippen LogP contribution in [0, 0.1) is 9.39 Å². The molecule has 0 radical (unpaired) electrons. The van der Waals surface area contributed by atoms with Crippen LogP contribution < -0.4 is 9.47 Å². The molecule has 2 aromatic rings. The van der Waals surface area contributed by atoms with Gasteiger partial charge in [-0.25, -0.2) is 4.39 Å². The zero-order valence-electron chi connectivity index (χ0n) is 11.3. The van der Waals surface area contributed by atoms with Crippen molar-refractivity contribution in [2.24, 2.45) is 0 Å². The van der Waals surface area contributed by atoms with E-state index in [4.69, 9.17) is 9.47 Å². The highest BCUT2D eigenvalue weighted by atomic mass is 127.